The third-order valence-electron chi connectivity index (χ3n) is 23.7. The Morgan fingerprint density at radius 3 is 1.01 bits per heavy atom. The van der Waals surface area contributed by atoms with Crippen molar-refractivity contribution in [2.24, 2.45) is 0 Å². The second-order valence-corrected chi connectivity index (χ2v) is 33.0. The van der Waals surface area contributed by atoms with Gasteiger partial charge in [0, 0.05) is 22.3 Å². The lowest BCUT2D eigenvalue weighted by Gasteiger charge is -2.15. The predicted octanol–water partition coefficient (Wildman–Crippen LogP) is 25.8. The largest absolute Gasteiger partial charge is 0.507 e. The quantitative estimate of drug-likeness (QED) is 0.0167. The number of fused-ring (bicyclic) bond motifs is 9. The summed E-state index contributed by atoms with van der Waals surface area (Å²) in [5.74, 6) is 1.31. The summed E-state index contributed by atoms with van der Waals surface area (Å²) < 4.78 is 23.2. The lowest BCUT2D eigenvalue weighted by atomic mass is 9.92. The molecule has 0 amide bonds. The van der Waals surface area contributed by atoms with E-state index in [1.807, 2.05) is 124 Å². The van der Waals surface area contributed by atoms with Crippen molar-refractivity contribution in [3.63, 3.8) is 0 Å². The molecule has 4 heterocycles. The second-order valence-electron chi connectivity index (χ2n) is 33.0. The molecule has 0 bridgehead atoms. The number of aromatic hydroxyl groups is 8. The summed E-state index contributed by atoms with van der Waals surface area (Å²) >= 11 is 0. The van der Waals surface area contributed by atoms with Crippen LogP contribution in [0, 0.1) is 0 Å². The fraction of sp³-hybridized carbons (Fsp3) is 0.133. The maximum absolute atomic E-state index is 10.5. The lowest BCUT2D eigenvalue weighted by molar-refractivity contribution is 0.281. The number of rotatable bonds is 23. The third-order valence-corrected chi connectivity index (χ3v) is 23.7. The zero-order valence-corrected chi connectivity index (χ0v) is 75.2. The SMILES string of the molecule is CCCCCCOc1nc(-c2c(O)cccc2O)nc(-c2ccc3ccc4cccc5ccc2c3c45)n1.CCCOc1nc(-c2c(O)cccc2O)nc(-c2c3ccccc3cc3ccccc23)n1.CCCOc1nc(-c2c(O)cccc2O)nc(-c2cc3c4ccccc4ccc3c3ccccc23)n1.CCCOc1nc(-c2ccc3cc4ccccc4cc3c2)nc(-c2c(O)cccc2O)n1. The van der Waals surface area contributed by atoms with E-state index in [4.69, 9.17) is 28.9 Å². The molecule has 24 nitrogen and oxygen atoms in total. The minimum absolute atomic E-state index is 0.110. The van der Waals surface area contributed by atoms with Gasteiger partial charge in [-0.3, -0.25) is 0 Å². The van der Waals surface area contributed by atoms with Crippen molar-refractivity contribution in [2.75, 3.05) is 26.4 Å². The van der Waals surface area contributed by atoms with Crippen molar-refractivity contribution >= 4 is 108 Å². The lowest BCUT2D eigenvalue weighted by Crippen LogP contribution is -2.05. The molecule has 0 saturated heterocycles. The predicted molar refractivity (Wildman–Crippen MR) is 539 cm³/mol. The first-order chi connectivity index (χ1) is 67.0. The van der Waals surface area contributed by atoms with Crippen LogP contribution < -0.4 is 18.9 Å². The highest BCUT2D eigenvalue weighted by Crippen LogP contribution is 2.47. The van der Waals surface area contributed by atoms with E-state index in [9.17, 15) is 40.9 Å². The number of hydrogen-bond acceptors (Lipinski definition) is 24. The number of ether oxygens (including phenoxy) is 4. The Balaban J connectivity index is 0.000000117. The van der Waals surface area contributed by atoms with Crippen LogP contribution in [0.2, 0.25) is 0 Å². The summed E-state index contributed by atoms with van der Waals surface area (Å²) in [5.41, 5.74) is 3.85. The van der Waals surface area contributed by atoms with Crippen molar-refractivity contribution in [3.05, 3.63) is 303 Å². The first-order valence-corrected chi connectivity index (χ1v) is 45.5. The number of nitrogens with zero attached hydrogens (tertiary/aromatic N) is 12. The molecule has 0 atom stereocenters. The Morgan fingerprint density at radius 2 is 0.518 bits per heavy atom. The molecule has 22 rings (SSSR count). The van der Waals surface area contributed by atoms with E-state index in [2.05, 4.69) is 184 Å². The smallest absolute Gasteiger partial charge is 0.320 e. The van der Waals surface area contributed by atoms with E-state index >= 15 is 0 Å². The Morgan fingerprint density at radius 1 is 0.190 bits per heavy atom. The van der Waals surface area contributed by atoms with E-state index in [0.29, 0.717) is 49.7 Å². The van der Waals surface area contributed by atoms with Crippen LogP contribution in [0.4, 0.5) is 0 Å². The highest BCUT2D eigenvalue weighted by Gasteiger charge is 2.27. The fourth-order valence-electron chi connectivity index (χ4n) is 17.2. The van der Waals surface area contributed by atoms with Crippen LogP contribution in [-0.4, -0.2) is 127 Å². The monoisotopic (exact) mass is 1810 g/mol. The summed E-state index contributed by atoms with van der Waals surface area (Å²) in [6, 6.07) is 97.3. The Bertz CT molecular complexity index is 8170. The molecule has 0 aliphatic carbocycles. The number of phenolic OH excluding ortho intramolecular Hbond substituents is 8. The molecule has 0 fully saturated rings. The van der Waals surface area contributed by atoms with E-state index < -0.39 is 0 Å². The van der Waals surface area contributed by atoms with E-state index in [1.54, 1.807) is 24.3 Å². The average molecular weight is 1810 g/mol. The normalized spacial score (nSPS) is 11.3. The van der Waals surface area contributed by atoms with Gasteiger partial charge in [0.25, 0.3) is 0 Å². The maximum atomic E-state index is 10.5. The van der Waals surface area contributed by atoms with Crippen LogP contribution in [-0.2, 0) is 0 Å². The molecule has 4 aromatic heterocycles. The molecular formula is C113H92N12O12. The van der Waals surface area contributed by atoms with Gasteiger partial charge in [0.1, 0.15) is 68.2 Å². The van der Waals surface area contributed by atoms with Gasteiger partial charge in [0.15, 0.2) is 46.6 Å². The molecule has 137 heavy (non-hydrogen) atoms. The molecule has 24 heteroatoms. The first kappa shape index (κ1) is 88.7. The Hall–Kier alpha value is -17.5. The standard InChI is InChI=1S/C31H27N3O3.C30H23N3O3.2C26H21N3O3/c1-2-3-4-5-18-37-31-33-29(32-30(34-31)28-24(35)10-7-11-25(28)36)23-17-15-21-13-12-19-8-6-9-20-14-16-22(23)27(21)26(19)20;1-2-16-36-30-32-28(31-29(33-30)27-25(34)12-7-13-26(27)35)24-17-23-19-9-4-3-8-18(19)14-15-22(23)20-10-5-6-11-21(20)24;1-2-14-32-26-28-24(27-25(29-26)23-20(30)12-7-13-21(23)31)22-18-10-5-3-8-16(18)15-17-9-4-6-11-19(17)22;1-2-12-32-26-28-24(27-25(29-26)23-21(30)8-5-9-22(23)31)19-11-10-18-13-16-6-3-4-7-17(16)14-20(18)15-19/h6-17,35-36H,2-5,18H2,1H3;3-15,17,34-35H,2,16H2,1H3;3-13,15,30-31H,2,14H2,1H3;3-11,13-15,30-31H,2,12H2,1H3. The first-order valence-electron chi connectivity index (χ1n) is 45.5. The molecule has 18 aromatic carbocycles. The molecule has 676 valence electrons. The van der Waals surface area contributed by atoms with Crippen LogP contribution in [0.1, 0.15) is 72.6 Å². The van der Waals surface area contributed by atoms with Gasteiger partial charge in [-0.2, -0.15) is 39.9 Å². The van der Waals surface area contributed by atoms with Gasteiger partial charge in [-0.25, -0.2) is 19.9 Å². The number of benzene rings is 18. The topological polar surface area (TPSA) is 353 Å². The molecule has 22 aromatic rings. The molecule has 0 unspecified atom stereocenters. The molecule has 8 N–H and O–H groups in total. The molecule has 0 radical (unpaired) electrons. The highest BCUT2D eigenvalue weighted by molar-refractivity contribution is 6.26. The Kier molecular flexibility index (Phi) is 25.6. The third kappa shape index (κ3) is 18.4. The van der Waals surface area contributed by atoms with Gasteiger partial charge in [-0.15, -0.1) is 0 Å². The van der Waals surface area contributed by atoms with Gasteiger partial charge < -0.3 is 59.8 Å². The molecule has 0 aliphatic rings. The van der Waals surface area contributed by atoms with Crippen LogP contribution in [0.3, 0.4) is 0 Å². The van der Waals surface area contributed by atoms with E-state index in [0.717, 1.165) is 153 Å². The summed E-state index contributed by atoms with van der Waals surface area (Å²) in [6.45, 7) is 9.94. The van der Waals surface area contributed by atoms with Crippen molar-refractivity contribution in [3.8, 4) is 161 Å². The van der Waals surface area contributed by atoms with Crippen LogP contribution >= 0.6 is 0 Å². The summed E-state index contributed by atoms with van der Waals surface area (Å²) in [7, 11) is 0. The van der Waals surface area contributed by atoms with Crippen LogP contribution in [0.25, 0.3) is 199 Å². The van der Waals surface area contributed by atoms with Crippen molar-refractivity contribution in [2.45, 2.75) is 72.6 Å². The minimum Gasteiger partial charge on any atom is -0.507 e. The fourth-order valence-corrected chi connectivity index (χ4v) is 17.2. The van der Waals surface area contributed by atoms with Gasteiger partial charge in [-0.05, 0) is 218 Å². The molecule has 0 saturated carbocycles. The molecular weight excluding hydrogens is 1720 g/mol. The van der Waals surface area contributed by atoms with Gasteiger partial charge >= 0.3 is 24.0 Å². The van der Waals surface area contributed by atoms with Gasteiger partial charge in [0.2, 0.25) is 0 Å². The van der Waals surface area contributed by atoms with Gasteiger partial charge in [0.05, 0.1) is 26.4 Å². The average Bonchev–Trinajstić information content (AvgIpc) is 0.746. The molecule has 0 spiro atoms. The highest BCUT2D eigenvalue weighted by atomic mass is 16.5. The zero-order chi connectivity index (χ0) is 94.2. The second kappa shape index (κ2) is 39.5. The van der Waals surface area contributed by atoms with E-state index in [1.165, 1.54) is 70.1 Å². The number of unbranched alkanes of at least 4 members (excludes halogenated alkanes) is 3. The van der Waals surface area contributed by atoms with Crippen molar-refractivity contribution in [1.29, 1.82) is 0 Å². The number of aromatic nitrogens is 12. The summed E-state index contributed by atoms with van der Waals surface area (Å²) in [4.78, 5) is 54.7. The Labute approximate surface area is 786 Å². The number of phenols is 8. The van der Waals surface area contributed by atoms with Crippen molar-refractivity contribution < 1.29 is 59.8 Å². The van der Waals surface area contributed by atoms with Gasteiger partial charge in [-0.1, -0.05) is 265 Å². The van der Waals surface area contributed by atoms with Crippen molar-refractivity contribution in [1.82, 2.24) is 59.8 Å². The molecule has 0 aliphatic heterocycles. The minimum atomic E-state index is -0.122. The zero-order valence-electron chi connectivity index (χ0n) is 75.2. The maximum Gasteiger partial charge on any atom is 0.320 e. The summed E-state index contributed by atoms with van der Waals surface area (Å²) in [6.07, 6.45) is 6.61. The van der Waals surface area contributed by atoms with E-state index in [-0.39, 0.29) is 116 Å². The number of hydrogen-bond donors (Lipinski definition) is 8. The van der Waals surface area contributed by atoms with Crippen LogP contribution in [0.15, 0.2) is 303 Å². The summed E-state index contributed by atoms with van der Waals surface area (Å²) in [5, 5.41) is 106. The van der Waals surface area contributed by atoms with Crippen LogP contribution in [0.5, 0.6) is 70.0 Å².